The Morgan fingerprint density at radius 2 is 2.21 bits per heavy atom. The number of nitrogens with zero attached hydrogens (tertiary/aromatic N) is 1. The van der Waals surface area contributed by atoms with Crippen molar-refractivity contribution in [3.8, 4) is 0 Å². The highest BCUT2D eigenvalue weighted by Crippen LogP contribution is 2.24. The molecular weight excluding hydrogens is 260 g/mol. The van der Waals surface area contributed by atoms with E-state index in [0.29, 0.717) is 23.9 Å². The lowest BCUT2D eigenvalue weighted by Gasteiger charge is -2.39. The van der Waals surface area contributed by atoms with Crippen LogP contribution in [0.5, 0.6) is 0 Å². The van der Waals surface area contributed by atoms with Gasteiger partial charge >= 0.3 is 0 Å². The number of hydrogen-bond donors (Lipinski definition) is 1. The summed E-state index contributed by atoms with van der Waals surface area (Å²) in [5.74, 6) is 0.615. The molecule has 1 saturated heterocycles. The second kappa shape index (κ2) is 6.40. The van der Waals surface area contributed by atoms with Crippen molar-refractivity contribution >= 4 is 17.5 Å². The number of amides is 1. The van der Waals surface area contributed by atoms with E-state index in [1.807, 2.05) is 29.2 Å². The molecule has 0 saturated carbocycles. The van der Waals surface area contributed by atoms with E-state index >= 15 is 0 Å². The second-order valence-corrected chi connectivity index (χ2v) is 5.69. The Bertz CT molecular complexity index is 450. The van der Waals surface area contributed by atoms with Crippen molar-refractivity contribution in [3.05, 3.63) is 34.9 Å². The SMILES string of the molecule is CC1CCCN(C(=O)Cc2ccccc2Cl)C1CN. The van der Waals surface area contributed by atoms with Gasteiger partial charge in [0.25, 0.3) is 0 Å². The number of carbonyl (C=O) groups is 1. The van der Waals surface area contributed by atoms with Gasteiger partial charge in [-0.05, 0) is 30.4 Å². The third-order valence-electron chi connectivity index (χ3n) is 3.98. The van der Waals surface area contributed by atoms with Gasteiger partial charge in [0, 0.05) is 24.2 Å². The summed E-state index contributed by atoms with van der Waals surface area (Å²) in [5.41, 5.74) is 6.72. The number of benzene rings is 1. The molecule has 0 radical (unpaired) electrons. The monoisotopic (exact) mass is 280 g/mol. The van der Waals surface area contributed by atoms with Crippen molar-refractivity contribution in [2.45, 2.75) is 32.2 Å². The lowest BCUT2D eigenvalue weighted by Crippen LogP contribution is -2.51. The summed E-state index contributed by atoms with van der Waals surface area (Å²) >= 11 is 6.11. The van der Waals surface area contributed by atoms with Crippen LogP contribution in [0, 0.1) is 5.92 Å². The van der Waals surface area contributed by atoms with Crippen LogP contribution >= 0.6 is 11.6 Å². The highest BCUT2D eigenvalue weighted by molar-refractivity contribution is 6.31. The van der Waals surface area contributed by atoms with Gasteiger partial charge in [0.05, 0.1) is 6.42 Å². The molecule has 2 N–H and O–H groups in total. The Morgan fingerprint density at radius 1 is 1.47 bits per heavy atom. The maximum Gasteiger partial charge on any atom is 0.227 e. The second-order valence-electron chi connectivity index (χ2n) is 5.28. The fraction of sp³-hybridized carbons (Fsp3) is 0.533. The lowest BCUT2D eigenvalue weighted by molar-refractivity contribution is -0.135. The standard InChI is InChI=1S/C15H21ClN2O/c1-11-5-4-8-18(14(11)10-17)15(19)9-12-6-2-3-7-13(12)16/h2-3,6-7,11,14H,4-5,8-10,17H2,1H3. The number of rotatable bonds is 3. The van der Waals surface area contributed by atoms with Gasteiger partial charge in [-0.2, -0.15) is 0 Å². The summed E-state index contributed by atoms with van der Waals surface area (Å²) in [7, 11) is 0. The van der Waals surface area contributed by atoms with Gasteiger partial charge in [0.15, 0.2) is 0 Å². The smallest absolute Gasteiger partial charge is 0.227 e. The van der Waals surface area contributed by atoms with Gasteiger partial charge in [-0.15, -0.1) is 0 Å². The first-order valence-electron chi connectivity index (χ1n) is 6.86. The van der Waals surface area contributed by atoms with Crippen molar-refractivity contribution in [2.75, 3.05) is 13.1 Å². The number of piperidine rings is 1. The highest BCUT2D eigenvalue weighted by Gasteiger charge is 2.30. The minimum absolute atomic E-state index is 0.134. The first-order valence-corrected chi connectivity index (χ1v) is 7.24. The summed E-state index contributed by atoms with van der Waals surface area (Å²) in [6.07, 6.45) is 2.58. The molecular formula is C15H21ClN2O. The molecule has 1 aromatic rings. The molecule has 0 spiro atoms. The average Bonchev–Trinajstić information content (AvgIpc) is 2.41. The van der Waals surface area contributed by atoms with E-state index in [2.05, 4.69) is 6.92 Å². The molecule has 1 heterocycles. The molecule has 1 aliphatic heterocycles. The van der Waals surface area contributed by atoms with Crippen LogP contribution in [0.15, 0.2) is 24.3 Å². The normalized spacial score (nSPS) is 23.4. The van der Waals surface area contributed by atoms with E-state index in [1.54, 1.807) is 0 Å². The summed E-state index contributed by atoms with van der Waals surface area (Å²) in [6, 6.07) is 7.69. The first kappa shape index (κ1) is 14.4. The molecule has 104 valence electrons. The van der Waals surface area contributed by atoms with Crippen LogP contribution in [-0.2, 0) is 11.2 Å². The quantitative estimate of drug-likeness (QED) is 0.924. The van der Waals surface area contributed by atoms with Crippen molar-refractivity contribution in [3.63, 3.8) is 0 Å². The molecule has 0 bridgehead atoms. The molecule has 0 aliphatic carbocycles. The van der Waals surface area contributed by atoms with Crippen LogP contribution in [0.1, 0.15) is 25.3 Å². The first-order chi connectivity index (χ1) is 9.13. The van der Waals surface area contributed by atoms with Crippen LogP contribution < -0.4 is 5.73 Å². The largest absolute Gasteiger partial charge is 0.338 e. The fourth-order valence-corrected chi connectivity index (χ4v) is 3.03. The van der Waals surface area contributed by atoms with Gasteiger partial charge in [0.2, 0.25) is 5.91 Å². The number of halogens is 1. The highest BCUT2D eigenvalue weighted by atomic mass is 35.5. The molecule has 3 nitrogen and oxygen atoms in total. The van der Waals surface area contributed by atoms with Gasteiger partial charge in [-0.3, -0.25) is 4.79 Å². The summed E-state index contributed by atoms with van der Waals surface area (Å²) in [4.78, 5) is 14.4. The topological polar surface area (TPSA) is 46.3 Å². The molecule has 19 heavy (non-hydrogen) atoms. The van der Waals surface area contributed by atoms with Crippen molar-refractivity contribution < 1.29 is 4.79 Å². The number of carbonyl (C=O) groups excluding carboxylic acids is 1. The van der Waals surface area contributed by atoms with Crippen LogP contribution in [-0.4, -0.2) is 29.9 Å². The number of nitrogens with two attached hydrogens (primary N) is 1. The minimum Gasteiger partial charge on any atom is -0.338 e. The Morgan fingerprint density at radius 3 is 2.89 bits per heavy atom. The molecule has 4 heteroatoms. The summed E-state index contributed by atoms with van der Waals surface area (Å²) in [6.45, 7) is 3.53. The zero-order chi connectivity index (χ0) is 13.8. The van der Waals surface area contributed by atoms with Crippen LogP contribution in [0.2, 0.25) is 5.02 Å². The molecule has 2 unspecified atom stereocenters. The number of likely N-dealkylation sites (tertiary alicyclic amines) is 1. The maximum absolute atomic E-state index is 12.4. The predicted octanol–water partition coefficient (Wildman–Crippen LogP) is 2.47. The van der Waals surface area contributed by atoms with Crippen LogP contribution in [0.4, 0.5) is 0 Å². The predicted molar refractivity (Wildman–Crippen MR) is 78.1 cm³/mol. The Balaban J connectivity index is 2.08. The molecule has 1 aliphatic rings. The Labute approximate surface area is 119 Å². The molecule has 2 rings (SSSR count). The van der Waals surface area contributed by atoms with Gasteiger partial charge in [-0.1, -0.05) is 36.7 Å². The van der Waals surface area contributed by atoms with Gasteiger partial charge in [0.1, 0.15) is 0 Å². The Kier molecular flexibility index (Phi) is 4.83. The van der Waals surface area contributed by atoms with E-state index < -0.39 is 0 Å². The van der Waals surface area contributed by atoms with E-state index in [9.17, 15) is 4.79 Å². The van der Waals surface area contributed by atoms with Crippen molar-refractivity contribution in [2.24, 2.45) is 11.7 Å². The van der Waals surface area contributed by atoms with Crippen LogP contribution in [0.25, 0.3) is 0 Å². The fourth-order valence-electron chi connectivity index (χ4n) is 2.82. The zero-order valence-corrected chi connectivity index (χ0v) is 12.1. The van der Waals surface area contributed by atoms with Crippen LogP contribution in [0.3, 0.4) is 0 Å². The Hall–Kier alpha value is -1.06. The van der Waals surface area contributed by atoms with E-state index in [1.165, 1.54) is 0 Å². The summed E-state index contributed by atoms with van der Waals surface area (Å²) in [5, 5.41) is 0.658. The average molecular weight is 281 g/mol. The number of hydrogen-bond acceptors (Lipinski definition) is 2. The lowest BCUT2D eigenvalue weighted by atomic mass is 9.90. The van der Waals surface area contributed by atoms with E-state index in [0.717, 1.165) is 24.9 Å². The molecule has 1 aromatic carbocycles. The molecule has 1 fully saturated rings. The van der Waals surface area contributed by atoms with Gasteiger partial charge < -0.3 is 10.6 Å². The van der Waals surface area contributed by atoms with E-state index in [4.69, 9.17) is 17.3 Å². The third kappa shape index (κ3) is 3.28. The van der Waals surface area contributed by atoms with Crippen molar-refractivity contribution in [1.29, 1.82) is 0 Å². The maximum atomic E-state index is 12.4. The third-order valence-corrected chi connectivity index (χ3v) is 4.35. The summed E-state index contributed by atoms with van der Waals surface area (Å²) < 4.78 is 0. The molecule has 1 amide bonds. The zero-order valence-electron chi connectivity index (χ0n) is 11.3. The van der Waals surface area contributed by atoms with Gasteiger partial charge in [-0.25, -0.2) is 0 Å². The van der Waals surface area contributed by atoms with Crippen molar-refractivity contribution in [1.82, 2.24) is 4.90 Å². The molecule has 2 atom stereocenters. The molecule has 0 aromatic heterocycles. The van der Waals surface area contributed by atoms with E-state index in [-0.39, 0.29) is 11.9 Å². The minimum atomic E-state index is 0.134.